The van der Waals surface area contributed by atoms with Gasteiger partial charge in [0.15, 0.2) is 6.29 Å². The number of amides is 1. The van der Waals surface area contributed by atoms with E-state index in [1.54, 1.807) is 12.1 Å². The molecule has 7 nitrogen and oxygen atoms in total. The van der Waals surface area contributed by atoms with Gasteiger partial charge in [-0.3, -0.25) is 9.59 Å². The van der Waals surface area contributed by atoms with Crippen molar-refractivity contribution in [3.63, 3.8) is 0 Å². The summed E-state index contributed by atoms with van der Waals surface area (Å²) in [5.74, 6) is -1.75. The first-order valence-electron chi connectivity index (χ1n) is 6.30. The number of halogens is 1. The monoisotopic (exact) mass is 314 g/mol. The summed E-state index contributed by atoms with van der Waals surface area (Å²) in [4.78, 5) is 24.8. The maximum atomic E-state index is 12.5. The molecule has 0 aliphatic carbocycles. The molecule has 0 saturated carbocycles. The summed E-state index contributed by atoms with van der Waals surface area (Å²) in [6.07, 6.45) is -1.97. The zero-order valence-electron chi connectivity index (χ0n) is 10.9. The number of carbonyl (C=O) groups is 2. The van der Waals surface area contributed by atoms with E-state index in [4.69, 9.17) is 16.7 Å². The average molecular weight is 315 g/mol. The summed E-state index contributed by atoms with van der Waals surface area (Å²) in [5.41, 5.74) is 0.263. The van der Waals surface area contributed by atoms with Crippen molar-refractivity contribution in [3.8, 4) is 0 Å². The number of piperazine rings is 1. The van der Waals surface area contributed by atoms with Crippen LogP contribution >= 0.6 is 11.6 Å². The van der Waals surface area contributed by atoms with E-state index in [1.165, 1.54) is 12.1 Å². The lowest BCUT2D eigenvalue weighted by Crippen LogP contribution is -2.66. The molecule has 1 fully saturated rings. The number of hydrogen-bond acceptors (Lipinski definition) is 5. The molecule has 1 aromatic rings. The molecule has 1 aromatic carbocycles. The first-order chi connectivity index (χ1) is 9.91. The van der Waals surface area contributed by atoms with Crippen LogP contribution in [0, 0.1) is 0 Å². The fourth-order valence-electron chi connectivity index (χ4n) is 2.38. The largest absolute Gasteiger partial charge is 0.480 e. The molecular formula is C13H15ClN2O5. The van der Waals surface area contributed by atoms with Gasteiger partial charge in [-0.05, 0) is 18.2 Å². The number of hydrogen-bond donors (Lipinski definition) is 4. The minimum absolute atomic E-state index is 0.164. The van der Waals surface area contributed by atoms with Gasteiger partial charge in [-0.25, -0.2) is 0 Å². The van der Waals surface area contributed by atoms with Crippen molar-refractivity contribution in [3.05, 3.63) is 34.9 Å². The van der Waals surface area contributed by atoms with E-state index in [-0.39, 0.29) is 18.7 Å². The van der Waals surface area contributed by atoms with Gasteiger partial charge in [0.25, 0.3) is 5.91 Å². The van der Waals surface area contributed by atoms with Crippen LogP contribution in [-0.2, 0) is 4.79 Å². The summed E-state index contributed by atoms with van der Waals surface area (Å²) < 4.78 is 0. The number of nitrogens with one attached hydrogen (secondary N) is 1. The molecule has 2 atom stereocenters. The number of aliphatic carboxylic acids is 1. The van der Waals surface area contributed by atoms with E-state index in [2.05, 4.69) is 5.32 Å². The number of benzene rings is 1. The molecule has 21 heavy (non-hydrogen) atoms. The molecule has 1 aliphatic heterocycles. The minimum Gasteiger partial charge on any atom is -0.480 e. The molecule has 2 unspecified atom stereocenters. The van der Waals surface area contributed by atoms with E-state index in [1.807, 2.05) is 0 Å². The Morgan fingerprint density at radius 1 is 1.38 bits per heavy atom. The van der Waals surface area contributed by atoms with Crippen molar-refractivity contribution in [1.82, 2.24) is 10.2 Å². The van der Waals surface area contributed by atoms with Crippen LogP contribution in [0.4, 0.5) is 0 Å². The Bertz CT molecular complexity index is 551. The Kier molecular flexibility index (Phi) is 4.79. The SMILES string of the molecule is O=C(O)C1NCCN(C(=O)c2cccc(Cl)c2)C1C(O)O. The van der Waals surface area contributed by atoms with Crippen molar-refractivity contribution in [1.29, 1.82) is 0 Å². The third-order valence-corrected chi connectivity index (χ3v) is 3.56. The number of nitrogens with zero attached hydrogens (tertiary/aromatic N) is 1. The van der Waals surface area contributed by atoms with Crippen molar-refractivity contribution >= 4 is 23.5 Å². The quantitative estimate of drug-likeness (QED) is 0.561. The molecule has 114 valence electrons. The number of aliphatic hydroxyl groups excluding tert-OH is 1. The van der Waals surface area contributed by atoms with E-state index in [0.717, 1.165) is 4.90 Å². The molecule has 1 heterocycles. The van der Waals surface area contributed by atoms with Crippen molar-refractivity contribution < 1.29 is 24.9 Å². The van der Waals surface area contributed by atoms with E-state index < -0.39 is 30.3 Å². The second-order valence-electron chi connectivity index (χ2n) is 4.68. The Hall–Kier alpha value is -1.67. The Labute approximate surface area is 125 Å². The molecule has 1 amide bonds. The van der Waals surface area contributed by atoms with Gasteiger partial charge in [0.2, 0.25) is 0 Å². The van der Waals surface area contributed by atoms with Gasteiger partial charge in [0, 0.05) is 23.7 Å². The highest BCUT2D eigenvalue weighted by atomic mass is 35.5. The number of carboxylic acids is 1. The van der Waals surface area contributed by atoms with Gasteiger partial charge in [0.05, 0.1) is 0 Å². The number of rotatable bonds is 3. The molecule has 0 radical (unpaired) electrons. The van der Waals surface area contributed by atoms with Gasteiger partial charge in [-0.15, -0.1) is 0 Å². The highest BCUT2D eigenvalue weighted by Gasteiger charge is 2.42. The molecule has 1 aliphatic rings. The lowest BCUT2D eigenvalue weighted by atomic mass is 10.0. The average Bonchev–Trinajstić information content (AvgIpc) is 2.45. The minimum atomic E-state index is -1.97. The number of aliphatic hydroxyl groups is 2. The van der Waals surface area contributed by atoms with E-state index in [0.29, 0.717) is 5.02 Å². The van der Waals surface area contributed by atoms with Crippen LogP contribution in [0.5, 0.6) is 0 Å². The Balaban J connectivity index is 2.31. The molecule has 4 N–H and O–H groups in total. The van der Waals surface area contributed by atoms with Crippen LogP contribution in [0.15, 0.2) is 24.3 Å². The van der Waals surface area contributed by atoms with E-state index >= 15 is 0 Å². The maximum Gasteiger partial charge on any atom is 0.323 e. The topological polar surface area (TPSA) is 110 Å². The van der Waals surface area contributed by atoms with Crippen molar-refractivity contribution in [2.75, 3.05) is 13.1 Å². The third-order valence-electron chi connectivity index (χ3n) is 3.32. The second-order valence-corrected chi connectivity index (χ2v) is 5.12. The summed E-state index contributed by atoms with van der Waals surface area (Å²) in [5, 5.41) is 31.1. The van der Waals surface area contributed by atoms with Crippen molar-refractivity contribution in [2.24, 2.45) is 0 Å². The standard InChI is InChI=1S/C13H15ClN2O5/c14-8-3-1-2-7(6-8)11(17)16-5-4-15-9(12(18)19)10(16)13(20)21/h1-3,6,9-10,13,15,20-21H,4-5H2,(H,18,19). The second kappa shape index (κ2) is 6.40. The highest BCUT2D eigenvalue weighted by Crippen LogP contribution is 2.19. The molecule has 2 rings (SSSR count). The van der Waals surface area contributed by atoms with Crippen LogP contribution in [0.1, 0.15) is 10.4 Å². The summed E-state index contributed by atoms with van der Waals surface area (Å²) in [7, 11) is 0. The summed E-state index contributed by atoms with van der Waals surface area (Å²) in [6.45, 7) is 0.407. The summed E-state index contributed by atoms with van der Waals surface area (Å²) >= 11 is 5.83. The zero-order chi connectivity index (χ0) is 15.6. The maximum absolute atomic E-state index is 12.5. The van der Waals surface area contributed by atoms with Crippen LogP contribution in [-0.4, -0.2) is 63.6 Å². The first-order valence-corrected chi connectivity index (χ1v) is 6.68. The predicted octanol–water partition coefficient (Wildman–Crippen LogP) is -0.482. The smallest absolute Gasteiger partial charge is 0.323 e. The fourth-order valence-corrected chi connectivity index (χ4v) is 2.57. The Morgan fingerprint density at radius 3 is 2.67 bits per heavy atom. The molecule has 0 bridgehead atoms. The molecule has 0 aromatic heterocycles. The Morgan fingerprint density at radius 2 is 2.10 bits per heavy atom. The van der Waals surface area contributed by atoms with E-state index in [9.17, 15) is 19.8 Å². The number of carboxylic acid groups (broad SMARTS) is 1. The third kappa shape index (κ3) is 3.33. The predicted molar refractivity (Wildman–Crippen MR) is 73.9 cm³/mol. The van der Waals surface area contributed by atoms with Gasteiger partial charge in [-0.2, -0.15) is 0 Å². The van der Waals surface area contributed by atoms with Gasteiger partial charge >= 0.3 is 5.97 Å². The van der Waals surface area contributed by atoms with Gasteiger partial charge in [0.1, 0.15) is 12.1 Å². The summed E-state index contributed by atoms with van der Waals surface area (Å²) in [6, 6.07) is 3.66. The highest BCUT2D eigenvalue weighted by molar-refractivity contribution is 6.30. The lowest BCUT2D eigenvalue weighted by molar-refractivity contribution is -0.152. The van der Waals surface area contributed by atoms with Crippen LogP contribution < -0.4 is 5.32 Å². The fraction of sp³-hybridized carbons (Fsp3) is 0.385. The molecule has 1 saturated heterocycles. The normalized spacial score (nSPS) is 22.4. The van der Waals surface area contributed by atoms with Crippen LogP contribution in [0.3, 0.4) is 0 Å². The molecular weight excluding hydrogens is 300 g/mol. The van der Waals surface area contributed by atoms with Crippen LogP contribution in [0.2, 0.25) is 5.02 Å². The molecule has 0 spiro atoms. The van der Waals surface area contributed by atoms with Crippen LogP contribution in [0.25, 0.3) is 0 Å². The zero-order valence-corrected chi connectivity index (χ0v) is 11.7. The number of carbonyl (C=O) groups excluding carboxylic acids is 1. The van der Waals surface area contributed by atoms with Gasteiger partial charge < -0.3 is 25.5 Å². The lowest BCUT2D eigenvalue weighted by Gasteiger charge is -2.40. The first kappa shape index (κ1) is 15.7. The molecule has 8 heteroatoms. The van der Waals surface area contributed by atoms with Crippen molar-refractivity contribution in [2.45, 2.75) is 18.4 Å². The van der Waals surface area contributed by atoms with Gasteiger partial charge in [-0.1, -0.05) is 17.7 Å².